The molecule has 3 aromatic rings. The van der Waals surface area contributed by atoms with Gasteiger partial charge in [-0.3, -0.25) is 5.41 Å². The first-order chi connectivity index (χ1) is 23.8. The van der Waals surface area contributed by atoms with E-state index in [1.807, 2.05) is 0 Å². The van der Waals surface area contributed by atoms with E-state index in [9.17, 15) is 29.1 Å². The molecular formula is C37H37NO12. The van der Waals surface area contributed by atoms with E-state index in [4.69, 9.17) is 33.8 Å². The number of carbonyl (C=O) groups is 5. The summed E-state index contributed by atoms with van der Waals surface area (Å²) in [5.74, 6) is -6.19. The summed E-state index contributed by atoms with van der Waals surface area (Å²) in [6.45, 7) is 5.32. The Labute approximate surface area is 288 Å². The minimum atomic E-state index is -1.85. The summed E-state index contributed by atoms with van der Waals surface area (Å²) in [5.41, 5.74) is -2.78. The molecule has 0 aromatic heterocycles. The van der Waals surface area contributed by atoms with Crippen LogP contribution >= 0.6 is 0 Å². The third kappa shape index (κ3) is 9.41. The second-order valence-electron chi connectivity index (χ2n) is 11.9. The minimum Gasteiger partial charge on any atom is -0.508 e. The number of hydrogen-bond acceptors (Lipinski definition) is 13. The largest absolute Gasteiger partial charge is 0.508 e. The Balaban J connectivity index is 1.83. The molecule has 262 valence electrons. The van der Waals surface area contributed by atoms with Crippen LogP contribution in [-0.2, 0) is 38.0 Å². The van der Waals surface area contributed by atoms with Gasteiger partial charge in [0.2, 0.25) is 0 Å². The monoisotopic (exact) mass is 687 g/mol. The number of aliphatic hydroxyl groups is 1. The molecule has 13 nitrogen and oxygen atoms in total. The van der Waals surface area contributed by atoms with Crippen molar-refractivity contribution >= 4 is 35.6 Å². The zero-order valence-electron chi connectivity index (χ0n) is 27.8. The lowest BCUT2D eigenvalue weighted by molar-refractivity contribution is -0.150. The highest BCUT2D eigenvalue weighted by atomic mass is 16.7. The Morgan fingerprint density at radius 3 is 1.62 bits per heavy atom. The van der Waals surface area contributed by atoms with E-state index in [2.05, 4.69) is 0 Å². The Morgan fingerprint density at radius 2 is 1.16 bits per heavy atom. The van der Waals surface area contributed by atoms with Gasteiger partial charge in [0.1, 0.15) is 29.6 Å². The number of benzene rings is 3. The van der Waals surface area contributed by atoms with Gasteiger partial charge in [0.25, 0.3) is 0 Å². The second-order valence-corrected chi connectivity index (χ2v) is 11.9. The third-order valence-electron chi connectivity index (χ3n) is 7.06. The van der Waals surface area contributed by atoms with Gasteiger partial charge in [-0.05, 0) is 64.1 Å². The molecule has 1 saturated heterocycles. The predicted molar refractivity (Wildman–Crippen MR) is 177 cm³/mol. The maximum absolute atomic E-state index is 13.4. The molecule has 0 spiro atoms. The first kappa shape index (κ1) is 37.0. The number of hydrogen-bond donors (Lipinski definition) is 2. The maximum atomic E-state index is 13.4. The Kier molecular flexibility index (Phi) is 12.2. The lowest BCUT2D eigenvalue weighted by Gasteiger charge is -2.25. The first-order valence-electron chi connectivity index (χ1n) is 15.6. The van der Waals surface area contributed by atoms with Gasteiger partial charge in [0, 0.05) is 0 Å². The molecule has 1 aliphatic heterocycles. The molecule has 0 saturated carbocycles. The summed E-state index contributed by atoms with van der Waals surface area (Å²) in [6, 6.07) is 23.6. The molecule has 50 heavy (non-hydrogen) atoms. The molecule has 1 fully saturated rings. The van der Waals surface area contributed by atoms with Crippen molar-refractivity contribution in [1.82, 2.24) is 0 Å². The first-order valence-corrected chi connectivity index (χ1v) is 15.6. The molecule has 0 radical (unpaired) electrons. The molecule has 0 aliphatic carbocycles. The van der Waals surface area contributed by atoms with Gasteiger partial charge in [0.05, 0.1) is 23.3 Å². The second kappa shape index (κ2) is 16.5. The maximum Gasteiger partial charge on any atom is 0.357 e. The number of ether oxygens (including phenoxy) is 6. The molecule has 1 aliphatic rings. The van der Waals surface area contributed by atoms with Crippen LogP contribution in [0.5, 0.6) is 0 Å². The number of esters is 5. The zero-order valence-corrected chi connectivity index (χ0v) is 27.8. The molecule has 4 atom stereocenters. The quantitative estimate of drug-likeness (QED) is 0.0873. The standard InChI is InChI=1S/C37H37NO12/c1-5-45-36(44)27(38)26(35(43)50-37(2,3)4)28(39)30-31(49-34(42)24-19-13-8-14-20-24)29(48-33(41)23-17-11-7-12-18-23)25(47-30)21-46-32(40)22-15-9-6-10-16-22/h6-20,25,29-31,38-39H,5,21H2,1-4H3/b28-26+,38-27?/t25-,29-,30+,31-/m1/s1. The van der Waals surface area contributed by atoms with Gasteiger partial charge in [-0.2, -0.15) is 0 Å². The van der Waals surface area contributed by atoms with E-state index in [0.717, 1.165) is 0 Å². The van der Waals surface area contributed by atoms with Crippen molar-refractivity contribution in [3.05, 3.63) is 119 Å². The number of nitrogens with one attached hydrogen (secondary N) is 1. The van der Waals surface area contributed by atoms with E-state index in [0.29, 0.717) is 0 Å². The summed E-state index contributed by atoms with van der Waals surface area (Å²) in [7, 11) is 0. The molecule has 0 bridgehead atoms. The van der Waals surface area contributed by atoms with Crippen LogP contribution in [0.3, 0.4) is 0 Å². The molecule has 1 heterocycles. The van der Waals surface area contributed by atoms with Crippen LogP contribution in [0.2, 0.25) is 0 Å². The number of aliphatic hydroxyl groups excluding tert-OH is 1. The number of carbonyl (C=O) groups excluding carboxylic acids is 5. The topological polar surface area (TPSA) is 185 Å². The van der Waals surface area contributed by atoms with Gasteiger partial charge in [-0.15, -0.1) is 0 Å². The van der Waals surface area contributed by atoms with Crippen LogP contribution in [-0.4, -0.2) is 83.9 Å². The normalized spacial score (nSPS) is 19.0. The predicted octanol–water partition coefficient (Wildman–Crippen LogP) is 4.80. The van der Waals surface area contributed by atoms with Crippen molar-refractivity contribution in [3.8, 4) is 0 Å². The molecule has 13 heteroatoms. The van der Waals surface area contributed by atoms with Crippen LogP contribution in [0.15, 0.2) is 102 Å². The van der Waals surface area contributed by atoms with Crippen molar-refractivity contribution in [1.29, 1.82) is 5.41 Å². The smallest absolute Gasteiger partial charge is 0.357 e. The van der Waals surface area contributed by atoms with Crippen molar-refractivity contribution < 1.29 is 57.5 Å². The van der Waals surface area contributed by atoms with E-state index in [1.54, 1.807) is 54.6 Å². The summed E-state index contributed by atoms with van der Waals surface area (Å²) in [5, 5.41) is 20.2. The zero-order chi connectivity index (χ0) is 36.4. The van der Waals surface area contributed by atoms with E-state index in [1.165, 1.54) is 64.1 Å². The lowest BCUT2D eigenvalue weighted by Crippen LogP contribution is -2.43. The lowest BCUT2D eigenvalue weighted by atomic mass is 10.00. The molecule has 3 aromatic carbocycles. The van der Waals surface area contributed by atoms with Gasteiger partial charge in [-0.1, -0.05) is 54.6 Å². The Bertz CT molecular complexity index is 1730. The van der Waals surface area contributed by atoms with Crippen molar-refractivity contribution in [2.24, 2.45) is 0 Å². The molecule has 4 rings (SSSR count). The van der Waals surface area contributed by atoms with Crippen LogP contribution in [0.4, 0.5) is 0 Å². The highest BCUT2D eigenvalue weighted by Crippen LogP contribution is 2.34. The summed E-state index contributed by atoms with van der Waals surface area (Å²) in [4.78, 5) is 65.9. The summed E-state index contributed by atoms with van der Waals surface area (Å²) < 4.78 is 33.5. The van der Waals surface area contributed by atoms with E-state index < -0.39 is 83.5 Å². The van der Waals surface area contributed by atoms with Crippen molar-refractivity contribution in [2.45, 2.75) is 57.7 Å². The highest BCUT2D eigenvalue weighted by molar-refractivity contribution is 6.48. The van der Waals surface area contributed by atoms with Crippen LogP contribution in [0.25, 0.3) is 0 Å². The molecule has 0 unspecified atom stereocenters. The summed E-state index contributed by atoms with van der Waals surface area (Å²) in [6.07, 6.45) is -6.55. The third-order valence-corrected chi connectivity index (χ3v) is 7.06. The van der Waals surface area contributed by atoms with Gasteiger partial charge < -0.3 is 33.5 Å². The average molecular weight is 688 g/mol. The van der Waals surface area contributed by atoms with Gasteiger partial charge >= 0.3 is 29.8 Å². The average Bonchev–Trinajstić information content (AvgIpc) is 3.43. The van der Waals surface area contributed by atoms with Crippen molar-refractivity contribution in [2.75, 3.05) is 13.2 Å². The van der Waals surface area contributed by atoms with Crippen LogP contribution < -0.4 is 0 Å². The minimum absolute atomic E-state index is 0.0773. The van der Waals surface area contributed by atoms with Gasteiger partial charge in [-0.25, -0.2) is 24.0 Å². The highest BCUT2D eigenvalue weighted by Gasteiger charge is 2.53. The van der Waals surface area contributed by atoms with Crippen LogP contribution in [0, 0.1) is 5.41 Å². The molecule has 2 N–H and O–H groups in total. The van der Waals surface area contributed by atoms with Gasteiger partial charge in [0.15, 0.2) is 24.0 Å². The molecular weight excluding hydrogens is 650 g/mol. The summed E-state index contributed by atoms with van der Waals surface area (Å²) >= 11 is 0. The fraction of sp³-hybridized carbons (Fsp3) is 0.297. The van der Waals surface area contributed by atoms with Crippen molar-refractivity contribution in [3.63, 3.8) is 0 Å². The Hall–Kier alpha value is -5.82. The fourth-order valence-electron chi connectivity index (χ4n) is 4.81. The fourth-order valence-corrected chi connectivity index (χ4v) is 4.81. The Morgan fingerprint density at radius 1 is 0.700 bits per heavy atom. The van der Waals surface area contributed by atoms with Crippen LogP contribution in [0.1, 0.15) is 58.8 Å². The van der Waals surface area contributed by atoms with E-state index >= 15 is 0 Å². The molecule has 0 amide bonds. The SMILES string of the molecule is CCOC(=O)C(=N)/C(C(=O)OC(C)(C)C)=C(\O)[C@@H]1O[C@H](COC(=O)c2ccccc2)[C@@H](OC(=O)c2ccccc2)[C@H]1OC(=O)c1ccccc1. The number of rotatable bonds is 12. The van der Waals surface area contributed by atoms with E-state index in [-0.39, 0.29) is 23.3 Å².